The molecule has 0 unspecified atom stereocenters. The Morgan fingerprint density at radius 1 is 0.440 bits per heavy atom. The molecule has 0 aliphatic carbocycles. The van der Waals surface area contributed by atoms with Crippen molar-refractivity contribution in [2.24, 2.45) is 0 Å². The maximum atomic E-state index is 8.07. The molecule has 0 atom stereocenters. The molecule has 0 radical (unpaired) electrons. The summed E-state index contributed by atoms with van der Waals surface area (Å²) in [6, 6.07) is 0. The monoisotopic (exact) mass is 540 g/mol. The molecule has 0 aliphatic rings. The van der Waals surface area contributed by atoms with Crippen molar-refractivity contribution in [2.45, 2.75) is 27.7 Å². The van der Waals surface area contributed by atoms with Crippen LogP contribution in [-0.2, 0) is 44.8 Å². The molecule has 4 N–H and O–H groups in total. The molecule has 0 aromatic heterocycles. The minimum Gasteiger partial charge on any atom is -0.394 e. The summed E-state index contributed by atoms with van der Waals surface area (Å²) in [7, 11) is 0. The van der Waals surface area contributed by atoms with Crippen LogP contribution in [0.15, 0.2) is 0 Å². The molecule has 0 bridgehead atoms. The van der Waals surface area contributed by atoms with Crippen LogP contribution in [0.5, 0.6) is 0 Å². The first-order valence-electron chi connectivity index (χ1n) is 8.40. The first-order valence-corrected chi connectivity index (χ1v) is 8.40. The second-order valence-corrected chi connectivity index (χ2v) is 3.68. The van der Waals surface area contributed by atoms with Gasteiger partial charge in [-0.25, -0.2) is 0 Å². The Balaban J connectivity index is -0.0000000702. The van der Waals surface area contributed by atoms with Crippen molar-refractivity contribution in [3.8, 4) is 0 Å². The summed E-state index contributed by atoms with van der Waals surface area (Å²) in [5.74, 6) is 0. The van der Waals surface area contributed by atoms with Gasteiger partial charge in [-0.15, -0.1) is 0 Å². The van der Waals surface area contributed by atoms with Crippen molar-refractivity contribution in [2.75, 3.05) is 79.3 Å². The largest absolute Gasteiger partial charge is 0.394 e. The van der Waals surface area contributed by atoms with Gasteiger partial charge in [0, 0.05) is 52.3 Å². The Morgan fingerprint density at radius 2 is 0.600 bits per heavy atom. The van der Waals surface area contributed by atoms with Gasteiger partial charge in [0.15, 0.2) is 0 Å². The van der Waals surface area contributed by atoms with E-state index in [1.165, 1.54) is 0 Å². The van der Waals surface area contributed by atoms with E-state index in [2.05, 4.69) is 0 Å². The third kappa shape index (κ3) is 79.3. The van der Waals surface area contributed by atoms with Crippen LogP contribution in [0.3, 0.4) is 0 Å². The molecule has 0 spiro atoms. The van der Waals surface area contributed by atoms with Crippen LogP contribution in [0.2, 0.25) is 0 Å². The summed E-state index contributed by atoms with van der Waals surface area (Å²) < 4.78 is 18.9. The van der Waals surface area contributed by atoms with Gasteiger partial charge in [0.25, 0.3) is 0 Å². The molecular formula is C16H40HfO8. The Kier molecular flexibility index (Phi) is 72.5. The number of rotatable bonds is 12. The normalized spacial score (nSPS) is 8.64. The molecule has 0 aromatic rings. The van der Waals surface area contributed by atoms with Gasteiger partial charge < -0.3 is 39.4 Å². The van der Waals surface area contributed by atoms with Crippen molar-refractivity contribution in [1.29, 1.82) is 0 Å². The van der Waals surface area contributed by atoms with E-state index < -0.39 is 0 Å². The van der Waals surface area contributed by atoms with Gasteiger partial charge in [-0.2, -0.15) is 0 Å². The molecule has 0 amide bonds. The quantitative estimate of drug-likeness (QED) is 0.204. The van der Waals surface area contributed by atoms with Crippen molar-refractivity contribution in [1.82, 2.24) is 0 Å². The van der Waals surface area contributed by atoms with E-state index in [0.717, 1.165) is 0 Å². The Labute approximate surface area is 172 Å². The first-order chi connectivity index (χ1) is 11.7. The van der Waals surface area contributed by atoms with Gasteiger partial charge in [0.1, 0.15) is 0 Å². The standard InChI is InChI=1S/4C4H10O2.Hf/c4*1-2-6-4-3-5;/h4*5H,2-4H2,1H3;. The van der Waals surface area contributed by atoms with Gasteiger partial charge in [0.05, 0.1) is 52.9 Å². The third-order valence-electron chi connectivity index (χ3n) is 1.76. The summed E-state index contributed by atoms with van der Waals surface area (Å²) in [6.07, 6.45) is 0. The van der Waals surface area contributed by atoms with Crippen molar-refractivity contribution in [3.63, 3.8) is 0 Å². The predicted octanol–water partition coefficient (Wildman–Crippen LogP) is 0.0583. The topological polar surface area (TPSA) is 118 Å². The number of aliphatic hydroxyl groups is 4. The van der Waals surface area contributed by atoms with E-state index in [-0.39, 0.29) is 52.3 Å². The van der Waals surface area contributed by atoms with Gasteiger partial charge in [-0.05, 0) is 27.7 Å². The maximum Gasteiger partial charge on any atom is 0.0697 e. The van der Waals surface area contributed by atoms with Crippen LogP contribution in [0.25, 0.3) is 0 Å². The fourth-order valence-corrected chi connectivity index (χ4v) is 0.836. The fourth-order valence-electron chi connectivity index (χ4n) is 0.836. The first kappa shape index (κ1) is 36.5. The van der Waals surface area contributed by atoms with Gasteiger partial charge >= 0.3 is 0 Å². The van der Waals surface area contributed by atoms with Gasteiger partial charge in [-0.3, -0.25) is 0 Å². The summed E-state index contributed by atoms with van der Waals surface area (Å²) in [6.45, 7) is 12.8. The zero-order chi connectivity index (χ0) is 19.3. The van der Waals surface area contributed by atoms with Crippen molar-refractivity contribution < 1.29 is 65.2 Å². The number of aliphatic hydroxyl groups excluding tert-OH is 4. The molecular weight excluding hydrogens is 499 g/mol. The van der Waals surface area contributed by atoms with E-state index in [1.54, 1.807) is 0 Å². The van der Waals surface area contributed by atoms with Crippen LogP contribution in [-0.4, -0.2) is 99.7 Å². The molecule has 8 nitrogen and oxygen atoms in total. The number of hydrogen-bond donors (Lipinski definition) is 4. The number of hydrogen-bond acceptors (Lipinski definition) is 8. The summed E-state index contributed by atoms with van der Waals surface area (Å²) >= 11 is 0. The molecule has 0 aliphatic heterocycles. The van der Waals surface area contributed by atoms with E-state index in [0.29, 0.717) is 52.9 Å². The Morgan fingerprint density at radius 3 is 0.640 bits per heavy atom. The van der Waals surface area contributed by atoms with Gasteiger partial charge in [0.2, 0.25) is 0 Å². The maximum absolute atomic E-state index is 8.07. The van der Waals surface area contributed by atoms with Crippen molar-refractivity contribution >= 4 is 0 Å². The predicted molar refractivity (Wildman–Crippen MR) is 94.3 cm³/mol. The van der Waals surface area contributed by atoms with Gasteiger partial charge in [-0.1, -0.05) is 0 Å². The minimum atomic E-state index is 0. The minimum absolute atomic E-state index is 0. The molecule has 0 aromatic carbocycles. The molecule has 9 heteroatoms. The van der Waals surface area contributed by atoms with Crippen LogP contribution in [0, 0.1) is 0 Å². The van der Waals surface area contributed by atoms with Crippen LogP contribution >= 0.6 is 0 Å². The zero-order valence-electron chi connectivity index (χ0n) is 16.4. The second kappa shape index (κ2) is 49.7. The summed E-state index contributed by atoms with van der Waals surface area (Å²) in [5.41, 5.74) is 0. The molecule has 0 saturated heterocycles. The average molecular weight is 539 g/mol. The molecule has 0 rings (SSSR count). The molecule has 25 heavy (non-hydrogen) atoms. The third-order valence-corrected chi connectivity index (χ3v) is 1.76. The van der Waals surface area contributed by atoms with Crippen LogP contribution < -0.4 is 0 Å². The molecule has 156 valence electrons. The summed E-state index contributed by atoms with van der Waals surface area (Å²) in [5, 5.41) is 32.3. The second-order valence-electron chi connectivity index (χ2n) is 3.68. The summed E-state index contributed by atoms with van der Waals surface area (Å²) in [4.78, 5) is 0. The van der Waals surface area contributed by atoms with E-state index >= 15 is 0 Å². The van der Waals surface area contributed by atoms with Crippen LogP contribution in [0.1, 0.15) is 27.7 Å². The Hall–Kier alpha value is 0.550. The van der Waals surface area contributed by atoms with Crippen molar-refractivity contribution in [3.05, 3.63) is 0 Å². The van der Waals surface area contributed by atoms with E-state index in [9.17, 15) is 0 Å². The SMILES string of the molecule is CCOCCO.CCOCCO.CCOCCO.CCOCCO.[Hf]. The van der Waals surface area contributed by atoms with E-state index in [4.69, 9.17) is 39.4 Å². The zero-order valence-corrected chi connectivity index (χ0v) is 20.0. The Bertz CT molecular complexity index is 108. The van der Waals surface area contributed by atoms with Crippen LogP contribution in [0.4, 0.5) is 0 Å². The van der Waals surface area contributed by atoms with E-state index in [1.807, 2.05) is 27.7 Å². The average Bonchev–Trinajstić information content (AvgIpc) is 2.62. The molecule has 0 fully saturated rings. The molecule has 0 saturated carbocycles. The fraction of sp³-hybridized carbons (Fsp3) is 1.00. The number of ether oxygens (including phenoxy) is 4. The molecule has 0 heterocycles. The smallest absolute Gasteiger partial charge is 0.0697 e.